The minimum absolute atomic E-state index is 0.0724. The van der Waals surface area contributed by atoms with Gasteiger partial charge in [0.15, 0.2) is 14.4 Å². The number of benzene rings is 1. The van der Waals surface area contributed by atoms with Crippen LogP contribution in [0.15, 0.2) is 29.8 Å². The van der Waals surface area contributed by atoms with E-state index in [2.05, 4.69) is 44.2 Å². The Morgan fingerprint density at radius 2 is 1.79 bits per heavy atom. The predicted molar refractivity (Wildman–Crippen MR) is 166 cm³/mol. The minimum atomic E-state index is -2.23. The maximum Gasteiger partial charge on any atom is 0.405 e. The van der Waals surface area contributed by atoms with E-state index >= 15 is 0 Å². The molecule has 3 rings (SSSR count). The number of carbonyl (C=O) groups is 3. The number of hydrogen-bond donors (Lipinski definition) is 3. The molecule has 0 aliphatic carbocycles. The number of nitrogens with zero attached hydrogens (tertiary/aromatic N) is 2. The Morgan fingerprint density at radius 1 is 1.17 bits per heavy atom. The summed E-state index contributed by atoms with van der Waals surface area (Å²) in [6.45, 7) is 17.7. The molecule has 10 nitrogen and oxygen atoms in total. The molecular formula is C30H46N4O6SSi. The maximum absolute atomic E-state index is 13.9. The first-order chi connectivity index (χ1) is 19.4. The molecule has 3 amide bonds. The molecule has 0 radical (unpaired) electrons. The zero-order chi connectivity index (χ0) is 31.6. The Kier molecular flexibility index (Phi) is 10.3. The number of carbonyl (C=O) groups excluding carboxylic acids is 3. The molecule has 0 spiro atoms. The van der Waals surface area contributed by atoms with Gasteiger partial charge in [-0.25, -0.2) is 9.78 Å². The number of nitrogens with two attached hydrogens (primary N) is 1. The van der Waals surface area contributed by atoms with Gasteiger partial charge in [-0.15, -0.1) is 11.3 Å². The molecule has 232 valence electrons. The summed E-state index contributed by atoms with van der Waals surface area (Å²) in [5.41, 5.74) is 9.02. The molecule has 4 atom stereocenters. The van der Waals surface area contributed by atoms with Crippen LogP contribution in [-0.2, 0) is 18.8 Å². The van der Waals surface area contributed by atoms with Crippen LogP contribution in [-0.4, -0.2) is 72.6 Å². The molecule has 1 fully saturated rings. The van der Waals surface area contributed by atoms with Crippen molar-refractivity contribution < 1.29 is 28.7 Å². The van der Waals surface area contributed by atoms with E-state index in [9.17, 15) is 19.5 Å². The van der Waals surface area contributed by atoms with E-state index < -0.39 is 49.8 Å². The number of aliphatic hydroxyl groups is 1. The zero-order valence-electron chi connectivity index (χ0n) is 26.2. The van der Waals surface area contributed by atoms with Crippen LogP contribution in [0.4, 0.5) is 4.79 Å². The van der Waals surface area contributed by atoms with Gasteiger partial charge in [0.05, 0.1) is 34.8 Å². The molecule has 42 heavy (non-hydrogen) atoms. The number of likely N-dealkylation sites (tertiary alicyclic amines) is 1. The quantitative estimate of drug-likeness (QED) is 0.344. The molecule has 1 aromatic carbocycles. The number of hydrogen-bond acceptors (Lipinski definition) is 8. The second-order valence-corrected chi connectivity index (χ2v) is 19.2. The number of aryl methyl sites for hydroxylation is 1. The highest BCUT2D eigenvalue weighted by Crippen LogP contribution is 2.39. The highest BCUT2D eigenvalue weighted by Gasteiger charge is 2.49. The lowest BCUT2D eigenvalue weighted by atomic mass is 9.88. The van der Waals surface area contributed by atoms with E-state index in [4.69, 9.17) is 14.9 Å². The van der Waals surface area contributed by atoms with Gasteiger partial charge < -0.3 is 30.2 Å². The molecule has 1 saturated heterocycles. The number of nitrogens with one attached hydrogen (secondary N) is 1. The molecule has 2 aromatic rings. The second-order valence-electron chi connectivity index (χ2n) is 13.6. The maximum atomic E-state index is 13.9. The van der Waals surface area contributed by atoms with Gasteiger partial charge in [-0.3, -0.25) is 9.59 Å². The van der Waals surface area contributed by atoms with Crippen molar-refractivity contribution >= 4 is 37.6 Å². The number of aromatic nitrogens is 1. The fourth-order valence-electron chi connectivity index (χ4n) is 4.78. The summed E-state index contributed by atoms with van der Waals surface area (Å²) in [5.74, 6) is -0.926. The van der Waals surface area contributed by atoms with Gasteiger partial charge in [0.25, 0.3) is 5.91 Å². The average molecular weight is 619 g/mol. The van der Waals surface area contributed by atoms with E-state index in [0.29, 0.717) is 0 Å². The van der Waals surface area contributed by atoms with Crippen molar-refractivity contribution in [3.63, 3.8) is 0 Å². The van der Waals surface area contributed by atoms with Crippen molar-refractivity contribution in [3.8, 4) is 10.4 Å². The van der Waals surface area contributed by atoms with Crippen LogP contribution >= 0.6 is 11.3 Å². The van der Waals surface area contributed by atoms with Crippen molar-refractivity contribution in [2.24, 2.45) is 11.1 Å². The summed E-state index contributed by atoms with van der Waals surface area (Å²) >= 11 is 1.55. The van der Waals surface area contributed by atoms with Crippen LogP contribution in [0, 0.1) is 12.3 Å². The minimum Gasteiger partial charge on any atom is -0.436 e. The van der Waals surface area contributed by atoms with Gasteiger partial charge in [0, 0.05) is 18.4 Å². The topological polar surface area (TPSA) is 144 Å². The Balaban J connectivity index is 1.88. The molecule has 0 saturated carbocycles. The summed E-state index contributed by atoms with van der Waals surface area (Å²) in [7, 11) is -2.23. The fraction of sp³-hybridized carbons (Fsp3) is 0.600. The van der Waals surface area contributed by atoms with Crippen LogP contribution < -0.4 is 11.1 Å². The molecule has 1 aliphatic heterocycles. The van der Waals surface area contributed by atoms with Crippen molar-refractivity contribution in [3.05, 3.63) is 41.0 Å². The summed E-state index contributed by atoms with van der Waals surface area (Å²) in [4.78, 5) is 46.2. The van der Waals surface area contributed by atoms with Gasteiger partial charge in [-0.05, 0) is 36.2 Å². The molecule has 0 bridgehead atoms. The number of primary amides is 1. The lowest BCUT2D eigenvalue weighted by Gasteiger charge is -2.38. The summed E-state index contributed by atoms with van der Waals surface area (Å²) in [6.07, 6.45) is -2.35. The number of aliphatic hydroxyl groups excluding tert-OH is 1. The number of rotatable bonds is 9. The van der Waals surface area contributed by atoms with Crippen molar-refractivity contribution in [1.29, 1.82) is 0 Å². The standard InChI is InChI=1S/C30H46N4O6SSi/c1-18-24(41-17-32-18)20-12-10-19(11-13-20)22(16-35)33-26(36)23-14-21(40-42(8,9)30(5,6)7)15-34(23)27(37)25(29(2,3)4)39-28(31)38/h10-13,17,21-23,25,35H,14-16H2,1-9H3,(H2,31,38)(H,33,36)/t21-,22?,23+,25?/m1/s1. The zero-order valence-corrected chi connectivity index (χ0v) is 28.0. The van der Waals surface area contributed by atoms with E-state index in [-0.39, 0.29) is 30.7 Å². The highest BCUT2D eigenvalue weighted by atomic mass is 32.1. The van der Waals surface area contributed by atoms with Crippen LogP contribution in [0.5, 0.6) is 0 Å². The van der Waals surface area contributed by atoms with Crippen LogP contribution in [0.3, 0.4) is 0 Å². The van der Waals surface area contributed by atoms with Crippen LogP contribution in [0.1, 0.15) is 65.3 Å². The largest absolute Gasteiger partial charge is 0.436 e. The highest BCUT2D eigenvalue weighted by molar-refractivity contribution is 7.13. The summed E-state index contributed by atoms with van der Waals surface area (Å²) in [6, 6.07) is 6.04. The number of amides is 3. The second kappa shape index (κ2) is 12.8. The normalized spacial score (nSPS) is 19.3. The Morgan fingerprint density at radius 3 is 2.26 bits per heavy atom. The first-order valence-corrected chi connectivity index (χ1v) is 18.0. The average Bonchev–Trinajstić information content (AvgIpc) is 3.50. The lowest BCUT2D eigenvalue weighted by Crippen LogP contribution is -2.54. The van der Waals surface area contributed by atoms with E-state index in [1.165, 1.54) is 4.90 Å². The van der Waals surface area contributed by atoms with Gasteiger partial charge in [-0.2, -0.15) is 0 Å². The van der Waals surface area contributed by atoms with Crippen molar-refractivity contribution in [1.82, 2.24) is 15.2 Å². The first kappa shape index (κ1) is 33.7. The SMILES string of the molecule is Cc1ncsc1-c1ccc(C(CO)NC(=O)[C@@H]2C[C@@H](O[Si](C)(C)C(C)(C)C)CN2C(=O)C(OC(N)=O)C(C)(C)C)cc1. The van der Waals surface area contributed by atoms with Crippen molar-refractivity contribution in [2.75, 3.05) is 13.2 Å². The molecule has 2 unspecified atom stereocenters. The third-order valence-corrected chi connectivity index (χ3v) is 13.7. The summed E-state index contributed by atoms with van der Waals surface area (Å²) < 4.78 is 11.9. The molecule has 4 N–H and O–H groups in total. The Hall–Kier alpha value is -2.80. The number of thiazole rings is 1. The molecule has 1 aromatic heterocycles. The Bertz CT molecular complexity index is 1270. The van der Waals surface area contributed by atoms with Crippen LogP contribution in [0.25, 0.3) is 10.4 Å². The third-order valence-electron chi connectivity index (χ3n) is 8.18. The Labute approximate surface area is 254 Å². The smallest absolute Gasteiger partial charge is 0.405 e. The molecule has 2 heterocycles. The van der Waals surface area contributed by atoms with E-state index in [1.54, 1.807) is 37.6 Å². The predicted octanol–water partition coefficient (Wildman–Crippen LogP) is 4.77. The van der Waals surface area contributed by atoms with Gasteiger partial charge in [0.1, 0.15) is 6.04 Å². The third kappa shape index (κ3) is 7.77. The fourth-order valence-corrected chi connectivity index (χ4v) is 6.95. The first-order valence-electron chi connectivity index (χ1n) is 14.2. The van der Waals surface area contributed by atoms with E-state index in [1.807, 2.05) is 31.2 Å². The molecule has 1 aliphatic rings. The van der Waals surface area contributed by atoms with Gasteiger partial charge in [0.2, 0.25) is 5.91 Å². The van der Waals surface area contributed by atoms with Crippen molar-refractivity contribution in [2.45, 2.75) is 97.3 Å². The van der Waals surface area contributed by atoms with Gasteiger partial charge >= 0.3 is 6.09 Å². The van der Waals surface area contributed by atoms with Gasteiger partial charge in [-0.1, -0.05) is 65.8 Å². The molecular weight excluding hydrogens is 573 g/mol. The monoisotopic (exact) mass is 618 g/mol. The molecule has 12 heteroatoms. The number of ether oxygens (including phenoxy) is 1. The summed E-state index contributed by atoms with van der Waals surface area (Å²) in [5, 5.41) is 13.1. The van der Waals surface area contributed by atoms with Crippen LogP contribution in [0.2, 0.25) is 18.1 Å². The lowest BCUT2D eigenvalue weighted by molar-refractivity contribution is -0.150. The van der Waals surface area contributed by atoms with E-state index in [0.717, 1.165) is 21.7 Å².